The molecule has 0 aromatic rings. The minimum atomic E-state index is -3.05. The molecule has 2 fully saturated rings. The van der Waals surface area contributed by atoms with Gasteiger partial charge < -0.3 is 11.1 Å². The number of hydrogen-bond acceptors (Lipinski definition) is 4. The molecule has 21 heavy (non-hydrogen) atoms. The van der Waals surface area contributed by atoms with Crippen molar-refractivity contribution < 1.29 is 13.2 Å². The predicted octanol–water partition coefficient (Wildman–Crippen LogP) is 1.08. The number of carbonyl (C=O) groups excluding carboxylic acids is 1. The van der Waals surface area contributed by atoms with Crippen LogP contribution in [0.1, 0.15) is 46.0 Å². The standard InChI is InChI=1S/C15H28N2O3S/c1-3-21(19,20)9-10(2)17-15(18)13-7-11-5-4-6-12(8-13)14(11)16/h10-14H,3-9,16H2,1-2H3,(H,17,18). The third kappa shape index (κ3) is 4.19. The normalized spacial score (nSPS) is 34.2. The summed E-state index contributed by atoms with van der Waals surface area (Å²) in [5, 5.41) is 2.89. The Bertz CT molecular complexity index is 463. The predicted molar refractivity (Wildman–Crippen MR) is 83.5 cm³/mol. The van der Waals surface area contributed by atoms with Crippen molar-refractivity contribution in [2.45, 2.75) is 58.0 Å². The molecular formula is C15H28N2O3S. The number of sulfone groups is 1. The van der Waals surface area contributed by atoms with Crippen molar-refractivity contribution >= 4 is 15.7 Å². The van der Waals surface area contributed by atoms with Crippen LogP contribution >= 0.6 is 0 Å². The molecule has 0 heterocycles. The van der Waals surface area contributed by atoms with Crippen LogP contribution in [-0.2, 0) is 14.6 Å². The number of nitrogens with two attached hydrogens (primary N) is 1. The maximum absolute atomic E-state index is 12.4. The second-order valence-corrected chi connectivity index (χ2v) is 9.20. The van der Waals surface area contributed by atoms with Crippen molar-refractivity contribution in [3.8, 4) is 0 Å². The second kappa shape index (κ2) is 6.65. The summed E-state index contributed by atoms with van der Waals surface area (Å²) in [5.41, 5.74) is 6.24. The molecule has 0 aliphatic heterocycles. The summed E-state index contributed by atoms with van der Waals surface area (Å²) in [6, 6.07) is -0.0708. The fourth-order valence-corrected chi connectivity index (χ4v) is 4.99. The molecule has 122 valence electrons. The molecule has 5 nitrogen and oxygen atoms in total. The molecule has 0 aromatic carbocycles. The summed E-state index contributed by atoms with van der Waals surface area (Å²) in [5.74, 6) is 1.08. The zero-order valence-electron chi connectivity index (χ0n) is 13.0. The topological polar surface area (TPSA) is 89.3 Å². The minimum absolute atomic E-state index is 0.00637. The van der Waals surface area contributed by atoms with Crippen LogP contribution in [0.25, 0.3) is 0 Å². The van der Waals surface area contributed by atoms with Crippen LogP contribution in [-0.4, -0.2) is 37.9 Å². The van der Waals surface area contributed by atoms with E-state index in [9.17, 15) is 13.2 Å². The third-order valence-corrected chi connectivity index (χ3v) is 7.00. The van der Waals surface area contributed by atoms with Gasteiger partial charge in [-0.3, -0.25) is 4.79 Å². The summed E-state index contributed by atoms with van der Waals surface area (Å²) in [6.07, 6.45) is 5.19. The van der Waals surface area contributed by atoms with Gasteiger partial charge >= 0.3 is 0 Å². The van der Waals surface area contributed by atoms with Gasteiger partial charge in [-0.1, -0.05) is 13.3 Å². The average Bonchev–Trinajstić information content (AvgIpc) is 2.37. The Morgan fingerprint density at radius 3 is 2.38 bits per heavy atom. The molecule has 3 N–H and O–H groups in total. The molecule has 2 aliphatic rings. The van der Waals surface area contributed by atoms with Crippen LogP contribution in [0.2, 0.25) is 0 Å². The van der Waals surface area contributed by atoms with Crippen molar-refractivity contribution in [1.82, 2.24) is 5.32 Å². The van der Waals surface area contributed by atoms with Gasteiger partial charge in [-0.15, -0.1) is 0 Å². The van der Waals surface area contributed by atoms with Crippen LogP contribution in [0.15, 0.2) is 0 Å². The zero-order valence-corrected chi connectivity index (χ0v) is 13.9. The van der Waals surface area contributed by atoms with E-state index in [0.717, 1.165) is 25.7 Å². The zero-order chi connectivity index (χ0) is 15.6. The molecule has 0 saturated heterocycles. The SMILES string of the molecule is CCS(=O)(=O)CC(C)NC(=O)C1CC2CCCC(C1)C2N. The van der Waals surface area contributed by atoms with Gasteiger partial charge in [-0.25, -0.2) is 8.42 Å². The Hall–Kier alpha value is -0.620. The monoisotopic (exact) mass is 316 g/mol. The molecular weight excluding hydrogens is 288 g/mol. The second-order valence-electron chi connectivity index (χ2n) is 6.81. The van der Waals surface area contributed by atoms with Crippen LogP contribution in [0.3, 0.4) is 0 Å². The first-order valence-electron chi connectivity index (χ1n) is 8.08. The van der Waals surface area contributed by atoms with Crippen molar-refractivity contribution in [3.05, 3.63) is 0 Å². The number of hydrogen-bond donors (Lipinski definition) is 2. The molecule has 2 aliphatic carbocycles. The highest BCUT2D eigenvalue weighted by molar-refractivity contribution is 7.91. The van der Waals surface area contributed by atoms with Gasteiger partial charge in [0.1, 0.15) is 0 Å². The maximum atomic E-state index is 12.4. The van der Waals surface area contributed by atoms with Crippen LogP contribution in [0.5, 0.6) is 0 Å². The molecule has 1 amide bonds. The largest absolute Gasteiger partial charge is 0.352 e. The van der Waals surface area contributed by atoms with E-state index in [4.69, 9.17) is 5.73 Å². The fraction of sp³-hybridized carbons (Fsp3) is 0.933. The smallest absolute Gasteiger partial charge is 0.223 e. The van der Waals surface area contributed by atoms with E-state index < -0.39 is 9.84 Å². The van der Waals surface area contributed by atoms with E-state index >= 15 is 0 Å². The van der Waals surface area contributed by atoms with Gasteiger partial charge in [0.15, 0.2) is 9.84 Å². The Kier molecular flexibility index (Phi) is 5.30. The van der Waals surface area contributed by atoms with Crippen LogP contribution in [0.4, 0.5) is 0 Å². The van der Waals surface area contributed by atoms with E-state index in [0.29, 0.717) is 11.8 Å². The summed E-state index contributed by atoms with van der Waals surface area (Å²) in [4.78, 5) is 12.4. The van der Waals surface area contributed by atoms with Gasteiger partial charge in [0.2, 0.25) is 5.91 Å². The lowest BCUT2D eigenvalue weighted by Gasteiger charge is -2.43. The number of rotatable bonds is 5. The van der Waals surface area contributed by atoms with E-state index in [-0.39, 0.29) is 35.4 Å². The van der Waals surface area contributed by atoms with Gasteiger partial charge in [-0.05, 0) is 44.4 Å². The van der Waals surface area contributed by atoms with Crippen LogP contribution < -0.4 is 11.1 Å². The summed E-state index contributed by atoms with van der Waals surface area (Å²) in [6.45, 7) is 3.40. The highest BCUT2D eigenvalue weighted by Crippen LogP contribution is 2.41. The van der Waals surface area contributed by atoms with Gasteiger partial charge in [0.05, 0.1) is 5.75 Å². The van der Waals surface area contributed by atoms with E-state index in [2.05, 4.69) is 5.32 Å². The maximum Gasteiger partial charge on any atom is 0.223 e. The molecule has 0 spiro atoms. The number of nitrogens with one attached hydrogen (secondary N) is 1. The average molecular weight is 316 g/mol. The van der Waals surface area contributed by atoms with E-state index in [1.807, 2.05) is 0 Å². The number of amides is 1. The molecule has 0 aromatic heterocycles. The highest BCUT2D eigenvalue weighted by atomic mass is 32.2. The molecule has 6 heteroatoms. The summed E-state index contributed by atoms with van der Waals surface area (Å²) in [7, 11) is -3.05. The summed E-state index contributed by atoms with van der Waals surface area (Å²) >= 11 is 0. The lowest BCUT2D eigenvalue weighted by molar-refractivity contribution is -0.128. The lowest BCUT2D eigenvalue weighted by Crippen LogP contribution is -2.50. The van der Waals surface area contributed by atoms with Gasteiger partial charge in [0.25, 0.3) is 0 Å². The molecule has 3 atom stereocenters. The Labute approximate surface area is 128 Å². The van der Waals surface area contributed by atoms with Crippen molar-refractivity contribution in [3.63, 3.8) is 0 Å². The number of fused-ring (bicyclic) bond motifs is 2. The molecule has 0 radical (unpaired) electrons. The first kappa shape index (κ1) is 16.7. The van der Waals surface area contributed by atoms with Crippen LogP contribution in [0, 0.1) is 17.8 Å². The first-order chi connectivity index (χ1) is 9.82. The summed E-state index contributed by atoms with van der Waals surface area (Å²) < 4.78 is 23.2. The van der Waals surface area contributed by atoms with Crippen molar-refractivity contribution in [1.29, 1.82) is 0 Å². The molecule has 3 unspecified atom stereocenters. The quantitative estimate of drug-likeness (QED) is 0.794. The first-order valence-corrected chi connectivity index (χ1v) is 9.91. The van der Waals surface area contributed by atoms with Gasteiger partial charge in [-0.2, -0.15) is 0 Å². The molecule has 2 saturated carbocycles. The Balaban J connectivity index is 1.89. The Morgan fingerprint density at radius 2 is 1.86 bits per heavy atom. The number of carbonyl (C=O) groups is 1. The minimum Gasteiger partial charge on any atom is -0.352 e. The molecule has 2 rings (SSSR count). The van der Waals surface area contributed by atoms with Crippen molar-refractivity contribution in [2.24, 2.45) is 23.5 Å². The van der Waals surface area contributed by atoms with Gasteiger partial charge in [0, 0.05) is 23.8 Å². The lowest BCUT2D eigenvalue weighted by atomic mass is 9.65. The van der Waals surface area contributed by atoms with Crippen molar-refractivity contribution in [2.75, 3.05) is 11.5 Å². The third-order valence-electron chi connectivity index (χ3n) is 5.12. The molecule has 2 bridgehead atoms. The fourth-order valence-electron chi connectivity index (χ4n) is 3.90. The van der Waals surface area contributed by atoms with E-state index in [1.54, 1.807) is 13.8 Å². The highest BCUT2D eigenvalue weighted by Gasteiger charge is 2.40. The van der Waals surface area contributed by atoms with E-state index in [1.165, 1.54) is 6.42 Å². The Morgan fingerprint density at radius 1 is 1.29 bits per heavy atom.